The molecule has 0 unspecified atom stereocenters. The van der Waals surface area contributed by atoms with Gasteiger partial charge in [-0.3, -0.25) is 0 Å². The number of thiophene rings is 2. The van der Waals surface area contributed by atoms with Crippen molar-refractivity contribution in [3.63, 3.8) is 0 Å². The lowest BCUT2D eigenvalue weighted by molar-refractivity contribution is 0.661. The number of hydrogen-bond acceptors (Lipinski definition) is 6. The van der Waals surface area contributed by atoms with Crippen molar-refractivity contribution < 1.29 is 4.42 Å². The summed E-state index contributed by atoms with van der Waals surface area (Å²) in [4.78, 5) is 6.99. The Bertz CT molecular complexity index is 8590. The summed E-state index contributed by atoms with van der Waals surface area (Å²) < 4.78 is 11.7. The zero-order chi connectivity index (χ0) is 89.9. The highest BCUT2D eigenvalue weighted by atomic mass is 32.1. The first-order valence-corrected chi connectivity index (χ1v) is 47.8. The van der Waals surface area contributed by atoms with Gasteiger partial charge < -0.3 is 19.1 Å². The maximum atomic E-state index is 6.43. The molecule has 0 aliphatic heterocycles. The second-order valence-electron chi connectivity index (χ2n) is 35.4. The van der Waals surface area contributed by atoms with Gasteiger partial charge in [-0.2, -0.15) is 0 Å². The van der Waals surface area contributed by atoms with Crippen LogP contribution in [0.25, 0.3) is 172 Å². The summed E-state index contributed by atoms with van der Waals surface area (Å²) in [6.07, 6.45) is 0. The van der Waals surface area contributed by atoms with Gasteiger partial charge in [0.2, 0.25) is 0 Å². The van der Waals surface area contributed by atoms with Crippen molar-refractivity contribution in [2.75, 3.05) is 14.7 Å². The van der Waals surface area contributed by atoms with Crippen LogP contribution in [-0.4, -0.2) is 0 Å². The Hall–Kier alpha value is -16.7. The lowest BCUT2D eigenvalue weighted by Crippen LogP contribution is -2.15. The Morgan fingerprint density at radius 1 is 0.185 bits per heavy atom. The van der Waals surface area contributed by atoms with E-state index in [0.717, 1.165) is 73.1 Å². The minimum absolute atomic E-state index is 0.0540. The molecule has 0 N–H and O–H groups in total. The van der Waals surface area contributed by atoms with Crippen LogP contribution in [-0.2, 0) is 5.41 Å². The predicted octanol–water partition coefficient (Wildman–Crippen LogP) is 37.9. The number of fused-ring (bicyclic) bond motifs is 15. The van der Waals surface area contributed by atoms with Crippen LogP contribution in [0.3, 0.4) is 0 Å². The Morgan fingerprint density at radius 2 is 0.585 bits per heavy atom. The van der Waals surface area contributed by atoms with Crippen molar-refractivity contribution in [3.8, 4) is 77.9 Å². The van der Waals surface area contributed by atoms with Gasteiger partial charge >= 0.3 is 0 Å². The lowest BCUT2D eigenvalue weighted by atomic mass is 9.81. The van der Waals surface area contributed by atoms with Crippen molar-refractivity contribution in [1.82, 2.24) is 0 Å². The molecule has 0 saturated heterocycles. The van der Waals surface area contributed by atoms with E-state index in [4.69, 9.17) is 4.42 Å². The second kappa shape index (κ2) is 34.8. The fraction of sp³-hybridized carbons (Fsp3) is 0.0233. The summed E-state index contributed by atoms with van der Waals surface area (Å²) in [5.41, 5.74) is 32.1. The van der Waals surface area contributed by atoms with Crippen LogP contribution in [0.2, 0.25) is 0 Å². The third kappa shape index (κ3) is 15.5. The summed E-state index contributed by atoms with van der Waals surface area (Å²) in [6, 6.07) is 182. The fourth-order valence-electron chi connectivity index (χ4n) is 20.2. The molecule has 1 aliphatic carbocycles. The van der Waals surface area contributed by atoms with E-state index in [0.29, 0.717) is 0 Å². The molecule has 0 bridgehead atoms. The van der Waals surface area contributed by atoms with E-state index in [1.54, 1.807) is 0 Å². The molecule has 0 spiro atoms. The maximum absolute atomic E-state index is 6.43. The largest absolute Gasteiger partial charge is 0.456 e. The Morgan fingerprint density at radius 3 is 1.22 bits per heavy atom. The lowest BCUT2D eigenvalue weighted by Gasteiger charge is -2.26. The van der Waals surface area contributed by atoms with Gasteiger partial charge in [-0.05, 0) is 303 Å². The molecule has 0 amide bonds. The van der Waals surface area contributed by atoms with Crippen LogP contribution in [0.5, 0.6) is 0 Å². The summed E-state index contributed by atoms with van der Waals surface area (Å²) in [5, 5.41) is 15.1. The molecule has 26 rings (SSSR count). The number of hydrogen-bond donors (Lipinski definition) is 0. The van der Waals surface area contributed by atoms with Crippen LogP contribution in [0.4, 0.5) is 51.2 Å². The van der Waals surface area contributed by atoms with Crippen molar-refractivity contribution >= 4 is 168 Å². The number of anilines is 9. The van der Waals surface area contributed by atoms with Gasteiger partial charge in [-0.1, -0.05) is 335 Å². The fourth-order valence-corrected chi connectivity index (χ4v) is 22.5. The van der Waals surface area contributed by atoms with E-state index in [9.17, 15) is 0 Å². The molecule has 3 heterocycles. The van der Waals surface area contributed by atoms with Gasteiger partial charge in [0, 0.05) is 108 Å². The van der Waals surface area contributed by atoms with Gasteiger partial charge in [0.15, 0.2) is 0 Å². The van der Waals surface area contributed by atoms with E-state index in [-0.39, 0.29) is 5.41 Å². The molecule has 0 fully saturated rings. The molecular weight excluding hydrogens is 1670 g/mol. The smallest absolute Gasteiger partial charge is 0.136 e. The van der Waals surface area contributed by atoms with Gasteiger partial charge in [0.05, 0.1) is 0 Å². The Labute approximate surface area is 793 Å². The highest BCUT2D eigenvalue weighted by molar-refractivity contribution is 7.26. The molecule has 22 aromatic carbocycles. The van der Waals surface area contributed by atoms with E-state index < -0.39 is 0 Å². The average molecular weight is 1760 g/mol. The SMILES string of the molecule is CC1(C)c2cc(-c3cccc(-c4ccc(N(c5ccccc5)c5ccccc5)cc4)c3)ccc2-c2cc3ccccc3cc21.c1ccc(-c2cccc(N(c3cccc(-c4ccccc4)c3)c3ccc4c(c3)sc3cc5ccccc5c(-c5ccccc5)c34)c2)cc1.c1ccc(N(c2ccccc2)c2ccc3oc4cc5cc(-c6ccc7sc8ccccc8c7c6)ccc5cc4c3c2)cc1. The zero-order valence-corrected chi connectivity index (χ0v) is 76.1. The minimum Gasteiger partial charge on any atom is -0.456 e. The summed E-state index contributed by atoms with van der Waals surface area (Å²) in [7, 11) is 0. The highest BCUT2D eigenvalue weighted by Crippen LogP contribution is 2.53. The molecule has 638 valence electrons. The van der Waals surface area contributed by atoms with Gasteiger partial charge in [-0.25, -0.2) is 0 Å². The molecule has 25 aromatic rings. The van der Waals surface area contributed by atoms with E-state index in [2.05, 4.69) is 532 Å². The third-order valence-corrected chi connectivity index (χ3v) is 29.1. The number of furan rings is 1. The number of rotatable bonds is 15. The summed E-state index contributed by atoms with van der Waals surface area (Å²) in [6.45, 7) is 4.73. The van der Waals surface area contributed by atoms with Crippen molar-refractivity contribution in [2.45, 2.75) is 19.3 Å². The molecule has 3 aromatic heterocycles. The van der Waals surface area contributed by atoms with Gasteiger partial charge in [0.1, 0.15) is 11.2 Å². The topological polar surface area (TPSA) is 22.9 Å². The zero-order valence-electron chi connectivity index (χ0n) is 74.5. The Kier molecular flexibility index (Phi) is 21.0. The summed E-state index contributed by atoms with van der Waals surface area (Å²) >= 11 is 3.74. The summed E-state index contributed by atoms with van der Waals surface area (Å²) in [5.74, 6) is 0. The van der Waals surface area contributed by atoms with E-state index in [1.807, 2.05) is 22.7 Å². The van der Waals surface area contributed by atoms with Crippen molar-refractivity contribution in [2.24, 2.45) is 0 Å². The number of nitrogens with zero attached hydrogens (tertiary/aromatic N) is 3. The van der Waals surface area contributed by atoms with E-state index in [1.165, 1.54) is 162 Å². The molecule has 6 heteroatoms. The highest BCUT2D eigenvalue weighted by Gasteiger charge is 2.36. The Balaban J connectivity index is 0.000000111. The maximum Gasteiger partial charge on any atom is 0.136 e. The molecule has 135 heavy (non-hydrogen) atoms. The molecular formula is C129H89N3OS2. The molecule has 0 saturated carbocycles. The monoisotopic (exact) mass is 1760 g/mol. The van der Waals surface area contributed by atoms with Crippen LogP contribution >= 0.6 is 22.7 Å². The van der Waals surface area contributed by atoms with Crippen LogP contribution < -0.4 is 14.7 Å². The first-order chi connectivity index (χ1) is 66.6. The van der Waals surface area contributed by atoms with Crippen LogP contribution in [0.15, 0.2) is 508 Å². The van der Waals surface area contributed by atoms with E-state index >= 15 is 0 Å². The predicted molar refractivity (Wildman–Crippen MR) is 579 cm³/mol. The standard InChI is InChI=1S/C46H31NS.C43H33N.C40H25NOS/c1-4-14-32(15-5-1)35-21-12-23-38(28-35)47(39-24-13-22-36(29-39)33-16-6-2-7-17-33)40-26-27-42-43(31-40)48-44-30-37-20-10-11-25-41(37)45(46(42)44)34-18-8-3-9-19-34;1-43(2)41-29-35(22-25-39(41)40-27-33-12-9-10-13-34(33)28-42(40)43)32-15-11-14-31(26-32)30-20-23-38(24-21-30)44(36-16-5-3-6-17-36)37-18-7-4-8-19-37;1-3-9-30(10-4-1)41(31-11-5-2-6-12-31)32-18-19-37-35(25-32)34-22-28-16-15-26(21-29(28)24-38(34)42-37)27-17-20-40-36(23-27)33-13-7-8-14-39(33)43-40/h1-31H;3-29H,1-2H3;1-25H. The van der Waals surface area contributed by atoms with Crippen LogP contribution in [0, 0.1) is 0 Å². The average Bonchev–Trinajstić information content (AvgIpc) is 1.60. The van der Waals surface area contributed by atoms with Crippen molar-refractivity contribution in [3.05, 3.63) is 515 Å². The first kappa shape index (κ1) is 81.5. The quantitative estimate of drug-likeness (QED) is 0.102. The second-order valence-corrected chi connectivity index (χ2v) is 37.6. The third-order valence-electron chi connectivity index (χ3n) is 26.8. The number of benzene rings is 22. The van der Waals surface area contributed by atoms with Gasteiger partial charge in [-0.15, -0.1) is 22.7 Å². The molecule has 0 atom stereocenters. The minimum atomic E-state index is -0.0540. The number of para-hydroxylation sites is 4. The molecule has 0 radical (unpaired) electrons. The van der Waals surface area contributed by atoms with Crippen LogP contribution in [0.1, 0.15) is 25.0 Å². The van der Waals surface area contributed by atoms with Crippen molar-refractivity contribution in [1.29, 1.82) is 0 Å². The molecule has 4 nitrogen and oxygen atoms in total. The molecule has 1 aliphatic rings. The first-order valence-electron chi connectivity index (χ1n) is 46.2. The van der Waals surface area contributed by atoms with Gasteiger partial charge in [0.25, 0.3) is 0 Å². The normalized spacial score (nSPS) is 12.0.